The first-order valence-electron chi connectivity index (χ1n) is 6.50. The second-order valence-corrected chi connectivity index (χ2v) is 7.23. The molecule has 23 heavy (non-hydrogen) atoms. The maximum atomic E-state index is 12.1. The summed E-state index contributed by atoms with van der Waals surface area (Å²) in [7, 11) is -3.53. The van der Waals surface area contributed by atoms with Gasteiger partial charge in [0.2, 0.25) is 9.84 Å². The summed E-state index contributed by atoms with van der Waals surface area (Å²) in [6.45, 7) is 0. The Hall–Kier alpha value is -2.38. The van der Waals surface area contributed by atoms with Gasteiger partial charge < -0.3 is 9.73 Å². The average molecular weight is 351 g/mol. The van der Waals surface area contributed by atoms with Gasteiger partial charge in [0.25, 0.3) is 5.91 Å². The number of carbonyl (C=O) groups excluding carboxylic acids is 1. The minimum Gasteiger partial charge on any atom is -0.428 e. The van der Waals surface area contributed by atoms with Gasteiger partial charge in [-0.25, -0.2) is 8.42 Å². The molecule has 6 nitrogen and oxygen atoms in total. The van der Waals surface area contributed by atoms with Crippen molar-refractivity contribution < 1.29 is 17.6 Å². The first kappa shape index (κ1) is 15.5. The number of halogens is 1. The Morgan fingerprint density at radius 3 is 2.52 bits per heavy atom. The molecule has 118 valence electrons. The van der Waals surface area contributed by atoms with Gasteiger partial charge in [-0.1, -0.05) is 11.6 Å². The summed E-state index contributed by atoms with van der Waals surface area (Å²) < 4.78 is 28.0. The smallest absolute Gasteiger partial charge is 0.315 e. The Morgan fingerprint density at radius 1 is 1.17 bits per heavy atom. The van der Waals surface area contributed by atoms with Gasteiger partial charge >= 0.3 is 5.22 Å². The van der Waals surface area contributed by atoms with Gasteiger partial charge in [-0.05, 0) is 42.5 Å². The van der Waals surface area contributed by atoms with Crippen molar-refractivity contribution in [1.82, 2.24) is 4.98 Å². The lowest BCUT2D eigenvalue weighted by atomic mass is 10.2. The highest BCUT2D eigenvalue weighted by Crippen LogP contribution is 2.22. The molecule has 0 atom stereocenters. The third-order valence-electron chi connectivity index (χ3n) is 3.05. The van der Waals surface area contributed by atoms with Crippen LogP contribution in [0.1, 0.15) is 10.4 Å². The van der Waals surface area contributed by atoms with E-state index >= 15 is 0 Å². The number of benzene rings is 2. The zero-order valence-electron chi connectivity index (χ0n) is 11.9. The normalized spacial score (nSPS) is 11.6. The van der Waals surface area contributed by atoms with Crippen molar-refractivity contribution in [3.05, 3.63) is 53.1 Å². The molecule has 3 aromatic rings. The molecular formula is C15H11ClN2O4S. The molecule has 0 bridgehead atoms. The highest BCUT2D eigenvalue weighted by atomic mass is 35.5. The van der Waals surface area contributed by atoms with Crippen LogP contribution >= 0.6 is 11.6 Å². The fourth-order valence-corrected chi connectivity index (χ4v) is 2.58. The monoisotopic (exact) mass is 350 g/mol. The number of sulfone groups is 1. The van der Waals surface area contributed by atoms with E-state index in [4.69, 9.17) is 16.0 Å². The van der Waals surface area contributed by atoms with Crippen LogP contribution in [0.15, 0.2) is 52.1 Å². The highest BCUT2D eigenvalue weighted by Gasteiger charge is 2.16. The van der Waals surface area contributed by atoms with Crippen LogP contribution in [0.2, 0.25) is 5.02 Å². The fraction of sp³-hybridized carbons (Fsp3) is 0.0667. The summed E-state index contributed by atoms with van der Waals surface area (Å²) in [5.74, 6) is -0.312. The summed E-state index contributed by atoms with van der Waals surface area (Å²) in [6.07, 6.45) is 1.01. The van der Waals surface area contributed by atoms with Crippen LogP contribution in [-0.4, -0.2) is 25.6 Å². The van der Waals surface area contributed by atoms with Gasteiger partial charge in [0.05, 0.1) is 0 Å². The predicted molar refractivity (Wildman–Crippen MR) is 86.5 cm³/mol. The summed E-state index contributed by atoms with van der Waals surface area (Å²) >= 11 is 5.78. The molecule has 0 aliphatic heterocycles. The number of carbonyl (C=O) groups is 1. The molecule has 1 aromatic heterocycles. The largest absolute Gasteiger partial charge is 0.428 e. The summed E-state index contributed by atoms with van der Waals surface area (Å²) in [6, 6.07) is 11.1. The maximum Gasteiger partial charge on any atom is 0.315 e. The Kier molecular flexibility index (Phi) is 3.83. The van der Waals surface area contributed by atoms with Crippen LogP contribution in [0.4, 0.5) is 5.69 Å². The first-order chi connectivity index (χ1) is 10.8. The molecule has 0 saturated carbocycles. The maximum absolute atomic E-state index is 12.1. The van der Waals surface area contributed by atoms with Crippen molar-refractivity contribution in [2.45, 2.75) is 5.22 Å². The number of fused-ring (bicyclic) bond motifs is 1. The van der Waals surface area contributed by atoms with Gasteiger partial charge in [-0.3, -0.25) is 4.79 Å². The quantitative estimate of drug-likeness (QED) is 0.783. The lowest BCUT2D eigenvalue weighted by molar-refractivity contribution is 0.102. The van der Waals surface area contributed by atoms with Crippen LogP contribution in [-0.2, 0) is 9.84 Å². The molecule has 0 fully saturated rings. The minimum atomic E-state index is -3.53. The van der Waals surface area contributed by atoms with E-state index in [2.05, 4.69) is 10.3 Å². The van der Waals surface area contributed by atoms with Crippen molar-refractivity contribution in [3.8, 4) is 0 Å². The highest BCUT2D eigenvalue weighted by molar-refractivity contribution is 7.90. The molecule has 2 aromatic carbocycles. The summed E-state index contributed by atoms with van der Waals surface area (Å²) in [5, 5.41) is 2.89. The van der Waals surface area contributed by atoms with Crippen LogP contribution in [0.3, 0.4) is 0 Å². The van der Waals surface area contributed by atoms with E-state index in [0.717, 1.165) is 6.26 Å². The van der Waals surface area contributed by atoms with Crippen molar-refractivity contribution in [3.63, 3.8) is 0 Å². The van der Waals surface area contributed by atoms with Crippen LogP contribution in [0.5, 0.6) is 0 Å². The van der Waals surface area contributed by atoms with Gasteiger partial charge in [0.15, 0.2) is 5.58 Å². The van der Waals surface area contributed by atoms with Crippen molar-refractivity contribution >= 4 is 44.1 Å². The predicted octanol–water partition coefficient (Wildman–Crippen LogP) is 3.14. The summed E-state index contributed by atoms with van der Waals surface area (Å²) in [4.78, 5) is 16.0. The second kappa shape index (κ2) is 5.68. The van der Waals surface area contributed by atoms with E-state index in [1.807, 2.05) is 0 Å². The zero-order chi connectivity index (χ0) is 16.6. The average Bonchev–Trinajstić information content (AvgIpc) is 2.91. The number of hydrogen-bond donors (Lipinski definition) is 1. The van der Waals surface area contributed by atoms with Crippen molar-refractivity contribution in [1.29, 1.82) is 0 Å². The SMILES string of the molecule is CS(=O)(=O)c1nc2cc(NC(=O)c3ccc(Cl)cc3)ccc2o1. The molecule has 1 heterocycles. The molecule has 0 radical (unpaired) electrons. The fourth-order valence-electron chi connectivity index (χ4n) is 1.95. The molecule has 0 aliphatic carbocycles. The lowest BCUT2D eigenvalue weighted by Crippen LogP contribution is -2.11. The topological polar surface area (TPSA) is 89.3 Å². The van der Waals surface area contributed by atoms with E-state index in [1.54, 1.807) is 42.5 Å². The van der Waals surface area contributed by atoms with Gasteiger partial charge in [-0.15, -0.1) is 0 Å². The number of oxazole rings is 1. The molecular weight excluding hydrogens is 340 g/mol. The van der Waals surface area contributed by atoms with Crippen LogP contribution in [0.25, 0.3) is 11.1 Å². The standard InChI is InChI=1S/C15H11ClN2O4S/c1-23(20,21)15-18-12-8-11(6-7-13(12)22-15)17-14(19)9-2-4-10(16)5-3-9/h2-8H,1H3,(H,17,19). The number of nitrogens with one attached hydrogen (secondary N) is 1. The van der Waals surface area contributed by atoms with E-state index < -0.39 is 9.84 Å². The third kappa shape index (κ3) is 3.35. The molecule has 3 rings (SSSR count). The van der Waals surface area contributed by atoms with E-state index in [1.165, 1.54) is 0 Å². The van der Waals surface area contributed by atoms with Crippen molar-refractivity contribution in [2.24, 2.45) is 0 Å². The zero-order valence-corrected chi connectivity index (χ0v) is 13.5. The molecule has 1 amide bonds. The molecule has 0 unspecified atom stereocenters. The number of rotatable bonds is 3. The van der Waals surface area contributed by atoms with Crippen LogP contribution in [0, 0.1) is 0 Å². The number of hydrogen-bond acceptors (Lipinski definition) is 5. The minimum absolute atomic E-state index is 0.312. The molecule has 0 spiro atoms. The van der Waals surface area contributed by atoms with Gasteiger partial charge in [0, 0.05) is 22.5 Å². The van der Waals surface area contributed by atoms with E-state index in [-0.39, 0.29) is 11.1 Å². The first-order valence-corrected chi connectivity index (χ1v) is 8.77. The van der Waals surface area contributed by atoms with E-state index in [0.29, 0.717) is 27.4 Å². The van der Waals surface area contributed by atoms with E-state index in [9.17, 15) is 13.2 Å². The Balaban J connectivity index is 1.88. The Morgan fingerprint density at radius 2 is 1.87 bits per heavy atom. The number of nitrogens with zero attached hydrogens (tertiary/aromatic N) is 1. The third-order valence-corrected chi connectivity index (χ3v) is 4.11. The molecule has 8 heteroatoms. The molecule has 1 N–H and O–H groups in total. The number of anilines is 1. The second-order valence-electron chi connectivity index (χ2n) is 4.90. The van der Waals surface area contributed by atoms with Gasteiger partial charge in [0.1, 0.15) is 5.52 Å². The van der Waals surface area contributed by atoms with Crippen molar-refractivity contribution in [2.75, 3.05) is 11.6 Å². The summed E-state index contributed by atoms with van der Waals surface area (Å²) in [5.41, 5.74) is 1.60. The Bertz CT molecular complexity index is 994. The van der Waals surface area contributed by atoms with Crippen LogP contribution < -0.4 is 5.32 Å². The van der Waals surface area contributed by atoms with Gasteiger partial charge in [-0.2, -0.15) is 4.98 Å². The number of aromatic nitrogens is 1. The lowest BCUT2D eigenvalue weighted by Gasteiger charge is -2.04. The number of amides is 1. The molecule has 0 saturated heterocycles. The molecule has 0 aliphatic rings. The Labute approximate surface area is 137 Å².